The molecule has 32 atom stereocenters. The number of rotatable bonds is 16. The topological polar surface area (TPSA) is 387 Å². The van der Waals surface area contributed by atoms with Gasteiger partial charge in [0, 0.05) is 12.3 Å². The predicted molar refractivity (Wildman–Crippen MR) is 252 cm³/mol. The van der Waals surface area contributed by atoms with Crippen LogP contribution in [0.1, 0.15) is 91.9 Å². The molecular formula is C51H86O24. The second-order valence-electron chi connectivity index (χ2n) is 24.3. The summed E-state index contributed by atoms with van der Waals surface area (Å²) in [4.78, 5) is 0. The molecule has 9 fully saturated rings. The van der Waals surface area contributed by atoms with Gasteiger partial charge < -0.3 is 119 Å². The summed E-state index contributed by atoms with van der Waals surface area (Å²) in [6.07, 6.45) is -23.7. The van der Waals surface area contributed by atoms with Gasteiger partial charge in [0.05, 0.1) is 45.2 Å². The Morgan fingerprint density at radius 2 is 1.03 bits per heavy atom. The van der Waals surface area contributed by atoms with Gasteiger partial charge in [-0.15, -0.1) is 0 Å². The molecule has 15 N–H and O–H groups in total. The number of fused-ring (bicyclic) bond motifs is 7. The molecule has 0 amide bonds. The molecule has 0 aromatic heterocycles. The third-order valence-electron chi connectivity index (χ3n) is 20.1. The molecule has 9 rings (SSSR count). The van der Waals surface area contributed by atoms with E-state index in [4.69, 9.17) is 42.6 Å². The van der Waals surface area contributed by atoms with Crippen molar-refractivity contribution in [2.45, 2.75) is 233 Å². The molecule has 0 aromatic rings. The van der Waals surface area contributed by atoms with Gasteiger partial charge >= 0.3 is 0 Å². The lowest BCUT2D eigenvalue weighted by atomic mass is 9.44. The van der Waals surface area contributed by atoms with E-state index in [0.717, 1.165) is 38.5 Å². The van der Waals surface area contributed by atoms with Gasteiger partial charge in [-0.1, -0.05) is 27.7 Å². The van der Waals surface area contributed by atoms with Crippen LogP contribution >= 0.6 is 0 Å². The minimum atomic E-state index is -1.94. The van der Waals surface area contributed by atoms with Crippen molar-refractivity contribution in [1.82, 2.24) is 0 Å². The minimum absolute atomic E-state index is 0.0210. The average Bonchev–Trinajstić information content (AvgIpc) is 3.86. The Morgan fingerprint density at radius 3 is 1.59 bits per heavy atom. The van der Waals surface area contributed by atoms with E-state index in [0.29, 0.717) is 49.4 Å². The molecule has 24 nitrogen and oxygen atoms in total. The quantitative estimate of drug-likeness (QED) is 0.0656. The Labute approximate surface area is 436 Å². The third kappa shape index (κ3) is 10.7. The van der Waals surface area contributed by atoms with Crippen LogP contribution in [0.15, 0.2) is 0 Å². The molecule has 9 unspecified atom stereocenters. The standard InChI is InChI=1S/C51H86O24/c1-20(19-67-45-39(62)35(58)33(56)28(15-52)69-45)7-12-51(66)21(2)32-27(75-51)14-26-24-6-5-22-13-23(8-10-49(22,3)25(24)9-11-50(26,32)4)68-46-41(64)37(60)43(30(17-54)71-46)74-48-42(65)38(61)44(31(18-55)72-48)73-47-40(63)36(59)34(57)29(16-53)70-47/h20-48,52-66H,5-19H2,1-4H3/t20-,21+,22?,23?,24?,25?,26?,27?,28-,29-,30-,31-,32?,33-,34-,35+,36+,37-,38-,39-,40-,41-,42-,43+,44-,45-,46-,47+,48-,49?,50?,51-/m1/s1. The zero-order valence-electron chi connectivity index (χ0n) is 43.2. The molecule has 75 heavy (non-hydrogen) atoms. The Kier molecular flexibility index (Phi) is 18.1. The van der Waals surface area contributed by atoms with Crippen molar-refractivity contribution in [2.24, 2.45) is 52.3 Å². The maximum Gasteiger partial charge on any atom is 0.187 e. The van der Waals surface area contributed by atoms with Gasteiger partial charge in [-0.3, -0.25) is 0 Å². The van der Waals surface area contributed by atoms with Gasteiger partial charge in [-0.05, 0) is 104 Å². The highest BCUT2D eigenvalue weighted by Gasteiger charge is 2.68. The van der Waals surface area contributed by atoms with Crippen molar-refractivity contribution < 1.29 is 119 Å². The predicted octanol–water partition coefficient (Wildman–Crippen LogP) is -3.95. The van der Waals surface area contributed by atoms with E-state index in [1.807, 2.05) is 6.92 Å². The summed E-state index contributed by atoms with van der Waals surface area (Å²) in [5.41, 5.74) is 0.00450. The molecule has 0 spiro atoms. The van der Waals surface area contributed by atoms with Gasteiger partial charge in [-0.2, -0.15) is 0 Å². The molecule has 0 aromatic carbocycles. The highest BCUT2D eigenvalue weighted by atomic mass is 16.8. The molecule has 4 saturated carbocycles. The Balaban J connectivity index is 0.760. The number of hydrogen-bond donors (Lipinski definition) is 15. The first kappa shape index (κ1) is 58.7. The van der Waals surface area contributed by atoms with Crippen molar-refractivity contribution in [3.05, 3.63) is 0 Å². The van der Waals surface area contributed by atoms with Crippen molar-refractivity contribution in [3.63, 3.8) is 0 Å². The van der Waals surface area contributed by atoms with Crippen LogP contribution in [0.4, 0.5) is 0 Å². The van der Waals surface area contributed by atoms with Crippen LogP contribution in [0.5, 0.6) is 0 Å². The third-order valence-corrected chi connectivity index (χ3v) is 20.1. The van der Waals surface area contributed by atoms with Gasteiger partial charge in [0.25, 0.3) is 0 Å². The SMILES string of the molecule is C[C@H](CC[C@@]1(O)OC2CC3C4CCC5CC(O[C@@H]6O[C@H](CO)[C@H](O[C@H]7O[C@H](CO)[C@@H](O[C@@H]8O[C@H](CO)[C@@H](O)[C@H](O)[C@H]8O)[C@H](O)[C@H]7O)[C@H](O)[C@H]6O)CCC5(C)C4CCC3(C)C2[C@@H]1C)CO[C@@H]1O[C@H](CO)[C@@H](O)[C@H](O)[C@H]1O. The van der Waals surface area contributed by atoms with Crippen molar-refractivity contribution in [3.8, 4) is 0 Å². The summed E-state index contributed by atoms with van der Waals surface area (Å²) in [5.74, 6) is 0.376. The summed E-state index contributed by atoms with van der Waals surface area (Å²) >= 11 is 0. The number of ether oxygens (including phenoxy) is 9. The molecule has 5 aliphatic heterocycles. The van der Waals surface area contributed by atoms with Gasteiger partial charge in [0.1, 0.15) is 97.7 Å². The van der Waals surface area contributed by atoms with Crippen LogP contribution in [0, 0.1) is 52.3 Å². The molecule has 24 heteroatoms. The van der Waals surface area contributed by atoms with E-state index in [9.17, 15) is 76.6 Å². The first-order chi connectivity index (χ1) is 35.5. The van der Waals surface area contributed by atoms with Crippen LogP contribution in [0.25, 0.3) is 0 Å². The normalized spacial score (nSPS) is 55.4. The van der Waals surface area contributed by atoms with Crippen LogP contribution in [-0.4, -0.2) is 250 Å². The lowest BCUT2D eigenvalue weighted by molar-refractivity contribution is -0.381. The Morgan fingerprint density at radius 1 is 0.533 bits per heavy atom. The molecule has 4 aliphatic carbocycles. The second kappa shape index (κ2) is 23.1. The fourth-order valence-electron chi connectivity index (χ4n) is 15.7. The number of aliphatic hydroxyl groups excluding tert-OH is 14. The zero-order chi connectivity index (χ0) is 54.2. The number of aliphatic hydroxyl groups is 15. The van der Waals surface area contributed by atoms with Crippen LogP contribution in [0.3, 0.4) is 0 Å². The fraction of sp³-hybridized carbons (Fsp3) is 1.00. The molecule has 9 aliphatic rings. The van der Waals surface area contributed by atoms with Crippen LogP contribution in [-0.2, 0) is 42.6 Å². The first-order valence-corrected chi connectivity index (χ1v) is 27.4. The minimum Gasteiger partial charge on any atom is -0.394 e. The second-order valence-corrected chi connectivity index (χ2v) is 24.3. The van der Waals surface area contributed by atoms with Gasteiger partial charge in [0.2, 0.25) is 0 Å². The van der Waals surface area contributed by atoms with Crippen molar-refractivity contribution in [1.29, 1.82) is 0 Å². The van der Waals surface area contributed by atoms with Crippen molar-refractivity contribution in [2.75, 3.05) is 33.0 Å². The van der Waals surface area contributed by atoms with E-state index in [1.54, 1.807) is 0 Å². The van der Waals surface area contributed by atoms with Crippen LogP contribution < -0.4 is 0 Å². The van der Waals surface area contributed by atoms with Crippen LogP contribution in [0.2, 0.25) is 0 Å². The lowest BCUT2D eigenvalue weighted by Gasteiger charge is -2.61. The van der Waals surface area contributed by atoms with E-state index in [-0.39, 0.29) is 47.4 Å². The summed E-state index contributed by atoms with van der Waals surface area (Å²) < 4.78 is 53.1. The zero-order valence-corrected chi connectivity index (χ0v) is 43.2. The maximum atomic E-state index is 12.1. The van der Waals surface area contributed by atoms with E-state index < -0.39 is 155 Å². The largest absolute Gasteiger partial charge is 0.394 e. The monoisotopic (exact) mass is 1080 g/mol. The van der Waals surface area contributed by atoms with Gasteiger partial charge in [-0.25, -0.2) is 0 Å². The Bertz CT molecular complexity index is 1870. The van der Waals surface area contributed by atoms with E-state index >= 15 is 0 Å². The molecule has 434 valence electrons. The smallest absolute Gasteiger partial charge is 0.187 e. The Hall–Kier alpha value is -0.960. The highest BCUT2D eigenvalue weighted by Crippen LogP contribution is 2.71. The van der Waals surface area contributed by atoms with Gasteiger partial charge in [0.15, 0.2) is 30.9 Å². The molecule has 0 bridgehead atoms. The lowest BCUT2D eigenvalue weighted by Crippen LogP contribution is -2.66. The summed E-state index contributed by atoms with van der Waals surface area (Å²) in [6, 6.07) is 0. The summed E-state index contributed by atoms with van der Waals surface area (Å²) in [5, 5.41) is 159. The summed E-state index contributed by atoms with van der Waals surface area (Å²) in [6.45, 7) is 6.20. The first-order valence-electron chi connectivity index (χ1n) is 27.4. The number of hydrogen-bond acceptors (Lipinski definition) is 24. The van der Waals surface area contributed by atoms with E-state index in [2.05, 4.69) is 20.8 Å². The summed E-state index contributed by atoms with van der Waals surface area (Å²) in [7, 11) is 0. The molecule has 0 radical (unpaired) electrons. The van der Waals surface area contributed by atoms with Crippen molar-refractivity contribution >= 4 is 0 Å². The van der Waals surface area contributed by atoms with E-state index in [1.165, 1.54) is 0 Å². The maximum absolute atomic E-state index is 12.1. The fourth-order valence-corrected chi connectivity index (χ4v) is 15.7. The highest BCUT2D eigenvalue weighted by molar-refractivity contribution is 5.15. The average molecular weight is 1080 g/mol. The molecule has 5 saturated heterocycles. The molecule has 5 heterocycles. The molecular weight excluding hydrogens is 997 g/mol.